The minimum absolute atomic E-state index is 0.0230. The fraction of sp³-hybridized carbons (Fsp3) is 0.562. The van der Waals surface area contributed by atoms with Gasteiger partial charge in [0.05, 0.1) is 19.3 Å². The zero-order valence-corrected chi connectivity index (χ0v) is 24.0. The number of nitrogens with zero attached hydrogens (tertiary/aromatic N) is 2. The number of aliphatic hydroxyl groups excluding tert-OH is 2. The molecule has 2 fully saturated rings. The fourth-order valence-corrected chi connectivity index (χ4v) is 6.45. The summed E-state index contributed by atoms with van der Waals surface area (Å²) in [7, 11) is 1.67. The van der Waals surface area contributed by atoms with E-state index in [0.717, 1.165) is 36.5 Å². The van der Waals surface area contributed by atoms with E-state index in [1.54, 1.807) is 13.2 Å². The second-order valence-corrected chi connectivity index (χ2v) is 11.9. The predicted octanol–water partition coefficient (Wildman–Crippen LogP) is 2.77. The highest BCUT2D eigenvalue weighted by Crippen LogP contribution is 2.38. The molecule has 222 valence electrons. The number of para-hydroxylation sites is 1. The van der Waals surface area contributed by atoms with Gasteiger partial charge in [-0.3, -0.25) is 14.5 Å². The van der Waals surface area contributed by atoms with Crippen LogP contribution in [0, 0.1) is 5.41 Å². The Hall–Kier alpha value is -3.14. The summed E-state index contributed by atoms with van der Waals surface area (Å²) in [6, 6.07) is 13.0. The van der Waals surface area contributed by atoms with Crippen LogP contribution in [0.4, 0.5) is 0 Å². The van der Waals surface area contributed by atoms with Crippen molar-refractivity contribution in [3.05, 3.63) is 59.2 Å². The maximum absolute atomic E-state index is 13.6. The second-order valence-electron chi connectivity index (χ2n) is 11.9. The molecule has 3 aliphatic rings. The van der Waals surface area contributed by atoms with Crippen molar-refractivity contribution in [2.75, 3.05) is 46.4 Å². The first-order valence-electron chi connectivity index (χ1n) is 14.9. The average molecular weight is 566 g/mol. The van der Waals surface area contributed by atoms with E-state index in [-0.39, 0.29) is 24.8 Å². The Morgan fingerprint density at radius 3 is 2.56 bits per heavy atom. The SMILES string of the molecule is COc1ccc(C(=O)N2CCC3(CC2)CNC(=O)COc2ccccc2C[C@H](O)[C@H](O)C3)cc1CN1CCCCC1. The number of ether oxygens (including phenoxy) is 2. The number of nitrogens with one attached hydrogen (secondary N) is 1. The van der Waals surface area contributed by atoms with Crippen molar-refractivity contribution in [2.45, 2.75) is 63.7 Å². The molecule has 0 bridgehead atoms. The number of piperidine rings is 2. The number of carbonyl (C=O) groups excluding carboxylic acids is 2. The third-order valence-electron chi connectivity index (χ3n) is 8.99. The standard InChI is InChI=1S/C32H43N3O6/c1-40-28-10-9-24(17-25(28)20-34-13-5-2-6-14-34)31(39)35-15-11-32(12-16-35)19-27(37)26(36)18-23-7-3-4-8-29(23)41-21-30(38)33-22-32/h3-4,7-10,17,26-27,36-37H,2,5-6,11-16,18-22H2,1H3,(H,33,38)/t26-,27+/m0/s1. The summed E-state index contributed by atoms with van der Waals surface area (Å²) in [5, 5.41) is 24.9. The number of methoxy groups -OCH3 is 1. The lowest BCUT2D eigenvalue weighted by Crippen LogP contribution is -2.51. The molecule has 0 saturated carbocycles. The van der Waals surface area contributed by atoms with Crippen LogP contribution in [0.2, 0.25) is 0 Å². The van der Waals surface area contributed by atoms with E-state index in [2.05, 4.69) is 10.2 Å². The summed E-state index contributed by atoms with van der Waals surface area (Å²) in [5.74, 6) is 1.08. The maximum Gasteiger partial charge on any atom is 0.257 e. The van der Waals surface area contributed by atoms with Crippen molar-refractivity contribution < 1.29 is 29.3 Å². The first-order valence-corrected chi connectivity index (χ1v) is 14.9. The molecule has 41 heavy (non-hydrogen) atoms. The Morgan fingerprint density at radius 1 is 1.05 bits per heavy atom. The first-order chi connectivity index (χ1) is 19.9. The van der Waals surface area contributed by atoms with Gasteiger partial charge < -0.3 is 29.9 Å². The normalized spacial score (nSPS) is 23.9. The molecule has 2 amide bonds. The van der Waals surface area contributed by atoms with Gasteiger partial charge >= 0.3 is 0 Å². The van der Waals surface area contributed by atoms with E-state index in [9.17, 15) is 19.8 Å². The number of benzene rings is 2. The number of amides is 2. The van der Waals surface area contributed by atoms with Crippen molar-refractivity contribution in [1.82, 2.24) is 15.1 Å². The van der Waals surface area contributed by atoms with E-state index in [0.29, 0.717) is 50.2 Å². The summed E-state index contributed by atoms with van der Waals surface area (Å²) in [6.07, 6.45) is 3.51. The van der Waals surface area contributed by atoms with Gasteiger partial charge in [0.2, 0.25) is 0 Å². The summed E-state index contributed by atoms with van der Waals surface area (Å²) in [6.45, 7) is 4.13. The fourth-order valence-electron chi connectivity index (χ4n) is 6.45. The van der Waals surface area contributed by atoms with Gasteiger partial charge in [-0.05, 0) is 80.4 Å². The molecule has 3 heterocycles. The van der Waals surface area contributed by atoms with Gasteiger partial charge in [0, 0.05) is 43.7 Å². The number of fused-ring (bicyclic) bond motifs is 1. The number of carbonyl (C=O) groups is 2. The van der Waals surface area contributed by atoms with Crippen LogP contribution in [-0.2, 0) is 17.8 Å². The second kappa shape index (κ2) is 13.2. The highest BCUT2D eigenvalue weighted by Gasteiger charge is 2.40. The van der Waals surface area contributed by atoms with Crippen LogP contribution in [0.3, 0.4) is 0 Å². The van der Waals surface area contributed by atoms with E-state index >= 15 is 0 Å². The molecule has 2 aromatic rings. The van der Waals surface area contributed by atoms with Crippen molar-refractivity contribution in [3.8, 4) is 11.5 Å². The third-order valence-corrected chi connectivity index (χ3v) is 8.99. The smallest absolute Gasteiger partial charge is 0.257 e. The quantitative estimate of drug-likeness (QED) is 0.523. The Balaban J connectivity index is 1.27. The van der Waals surface area contributed by atoms with Crippen LogP contribution in [0.15, 0.2) is 42.5 Å². The number of hydrogen-bond donors (Lipinski definition) is 3. The molecule has 2 aromatic carbocycles. The van der Waals surface area contributed by atoms with Crippen molar-refractivity contribution in [3.63, 3.8) is 0 Å². The zero-order chi connectivity index (χ0) is 28.8. The molecule has 2 atom stereocenters. The van der Waals surface area contributed by atoms with Crippen molar-refractivity contribution in [1.29, 1.82) is 0 Å². The molecule has 3 N–H and O–H groups in total. The van der Waals surface area contributed by atoms with Crippen LogP contribution >= 0.6 is 0 Å². The Kier molecular flexibility index (Phi) is 9.47. The van der Waals surface area contributed by atoms with Crippen molar-refractivity contribution in [2.24, 2.45) is 5.41 Å². The van der Waals surface area contributed by atoms with Gasteiger partial charge in [0.25, 0.3) is 11.8 Å². The molecule has 1 spiro atoms. The van der Waals surface area contributed by atoms with Crippen LogP contribution in [0.25, 0.3) is 0 Å². The highest BCUT2D eigenvalue weighted by atomic mass is 16.5. The molecule has 2 saturated heterocycles. The van der Waals surface area contributed by atoms with Gasteiger partial charge in [-0.1, -0.05) is 24.6 Å². The largest absolute Gasteiger partial charge is 0.496 e. The minimum Gasteiger partial charge on any atom is -0.496 e. The molecule has 9 nitrogen and oxygen atoms in total. The molecule has 0 radical (unpaired) electrons. The highest BCUT2D eigenvalue weighted by molar-refractivity contribution is 5.94. The molecule has 5 rings (SSSR count). The van der Waals surface area contributed by atoms with Gasteiger partial charge in [0.15, 0.2) is 6.61 Å². The Morgan fingerprint density at radius 2 is 1.80 bits per heavy atom. The Bertz CT molecular complexity index is 1210. The number of rotatable bonds is 4. The van der Waals surface area contributed by atoms with Crippen LogP contribution < -0.4 is 14.8 Å². The molecule has 9 heteroatoms. The molecule has 0 aromatic heterocycles. The van der Waals surface area contributed by atoms with E-state index in [1.165, 1.54) is 19.3 Å². The summed E-state index contributed by atoms with van der Waals surface area (Å²) in [5.41, 5.74) is 1.98. The number of likely N-dealkylation sites (tertiary alicyclic amines) is 2. The first kappa shape index (κ1) is 29.4. The minimum atomic E-state index is -0.972. The zero-order valence-electron chi connectivity index (χ0n) is 24.0. The average Bonchev–Trinajstić information content (AvgIpc) is 2.99. The summed E-state index contributed by atoms with van der Waals surface area (Å²) >= 11 is 0. The molecule has 0 aliphatic carbocycles. The monoisotopic (exact) mass is 565 g/mol. The van der Waals surface area contributed by atoms with Gasteiger partial charge in [0.1, 0.15) is 11.5 Å². The van der Waals surface area contributed by atoms with Gasteiger partial charge in [-0.2, -0.15) is 0 Å². The summed E-state index contributed by atoms with van der Waals surface area (Å²) < 4.78 is 11.3. The summed E-state index contributed by atoms with van der Waals surface area (Å²) in [4.78, 5) is 30.5. The maximum atomic E-state index is 13.6. The molecule has 0 unspecified atom stereocenters. The lowest BCUT2D eigenvalue weighted by molar-refractivity contribution is -0.124. The molecular weight excluding hydrogens is 522 g/mol. The van der Waals surface area contributed by atoms with E-state index in [1.807, 2.05) is 41.3 Å². The predicted molar refractivity (Wildman–Crippen MR) is 155 cm³/mol. The van der Waals surface area contributed by atoms with Crippen molar-refractivity contribution >= 4 is 11.8 Å². The van der Waals surface area contributed by atoms with Gasteiger partial charge in [-0.15, -0.1) is 0 Å². The molecular formula is C32H43N3O6. The Labute approximate surface area is 242 Å². The topological polar surface area (TPSA) is 112 Å². The number of aliphatic hydroxyl groups is 2. The van der Waals surface area contributed by atoms with Gasteiger partial charge in [-0.25, -0.2) is 0 Å². The van der Waals surface area contributed by atoms with Crippen LogP contribution in [0.5, 0.6) is 11.5 Å². The number of hydrogen-bond acceptors (Lipinski definition) is 7. The van der Waals surface area contributed by atoms with E-state index in [4.69, 9.17) is 9.47 Å². The third kappa shape index (κ3) is 7.20. The lowest BCUT2D eigenvalue weighted by Gasteiger charge is -2.43. The van der Waals surface area contributed by atoms with Crippen LogP contribution in [-0.4, -0.2) is 90.5 Å². The molecule has 3 aliphatic heterocycles. The van der Waals surface area contributed by atoms with Crippen LogP contribution in [0.1, 0.15) is 60.0 Å². The lowest BCUT2D eigenvalue weighted by atomic mass is 9.73. The van der Waals surface area contributed by atoms with E-state index < -0.39 is 17.6 Å².